The molecule has 1 aliphatic rings. The molecular formula is C16H12BrClO. The van der Waals surface area contributed by atoms with Crippen molar-refractivity contribution in [2.24, 2.45) is 0 Å². The number of benzene rings is 2. The predicted molar refractivity (Wildman–Crippen MR) is 83.7 cm³/mol. The van der Waals surface area contributed by atoms with Crippen molar-refractivity contribution in [1.82, 2.24) is 0 Å². The smallest absolute Gasteiger partial charge is 0.129 e. The molecular weight excluding hydrogens is 324 g/mol. The van der Waals surface area contributed by atoms with E-state index < -0.39 is 0 Å². The lowest BCUT2D eigenvalue weighted by atomic mass is 10.1. The lowest BCUT2D eigenvalue weighted by molar-refractivity contribution is 0.356. The summed E-state index contributed by atoms with van der Waals surface area (Å²) in [6.45, 7) is 0.771. The standard InChI is InChI=1S/C16H12BrClO/c17-14-9-12(16-13(10-14)7-8-19-16)4-1-11-2-5-15(18)6-3-11/h1-6,9-10H,7-8H2. The summed E-state index contributed by atoms with van der Waals surface area (Å²) >= 11 is 9.42. The molecule has 0 bridgehead atoms. The average Bonchev–Trinajstić information content (AvgIpc) is 2.85. The molecule has 0 N–H and O–H groups in total. The molecule has 0 radical (unpaired) electrons. The van der Waals surface area contributed by atoms with Gasteiger partial charge in [-0.1, -0.05) is 51.8 Å². The Balaban J connectivity index is 1.93. The number of hydrogen-bond acceptors (Lipinski definition) is 1. The van der Waals surface area contributed by atoms with E-state index in [1.54, 1.807) is 0 Å². The Morgan fingerprint density at radius 1 is 1.11 bits per heavy atom. The van der Waals surface area contributed by atoms with Crippen LogP contribution in [0.2, 0.25) is 5.02 Å². The van der Waals surface area contributed by atoms with Crippen LogP contribution in [0.3, 0.4) is 0 Å². The minimum absolute atomic E-state index is 0.754. The van der Waals surface area contributed by atoms with Gasteiger partial charge in [0.2, 0.25) is 0 Å². The summed E-state index contributed by atoms with van der Waals surface area (Å²) in [5, 5.41) is 0.754. The number of ether oxygens (including phenoxy) is 1. The van der Waals surface area contributed by atoms with Gasteiger partial charge in [0.15, 0.2) is 0 Å². The van der Waals surface area contributed by atoms with E-state index in [-0.39, 0.29) is 0 Å². The van der Waals surface area contributed by atoms with Crippen molar-refractivity contribution in [3.63, 3.8) is 0 Å². The molecule has 0 saturated heterocycles. The maximum atomic E-state index is 5.88. The van der Waals surface area contributed by atoms with Crippen LogP contribution in [0.4, 0.5) is 0 Å². The van der Waals surface area contributed by atoms with E-state index in [1.165, 1.54) is 5.56 Å². The number of rotatable bonds is 2. The minimum Gasteiger partial charge on any atom is -0.492 e. The van der Waals surface area contributed by atoms with Gasteiger partial charge >= 0.3 is 0 Å². The van der Waals surface area contributed by atoms with Gasteiger partial charge in [-0.2, -0.15) is 0 Å². The lowest BCUT2D eigenvalue weighted by Gasteiger charge is -2.05. The molecule has 3 heteroatoms. The molecule has 96 valence electrons. The van der Waals surface area contributed by atoms with Crippen LogP contribution in [0, 0.1) is 0 Å². The van der Waals surface area contributed by atoms with Crippen LogP contribution < -0.4 is 4.74 Å². The van der Waals surface area contributed by atoms with Gasteiger partial charge in [0.1, 0.15) is 5.75 Å². The van der Waals surface area contributed by atoms with Crippen LogP contribution in [0.5, 0.6) is 5.75 Å². The molecule has 2 aromatic carbocycles. The molecule has 0 amide bonds. The van der Waals surface area contributed by atoms with Crippen molar-refractivity contribution >= 4 is 39.7 Å². The normalized spacial score (nSPS) is 13.6. The summed E-state index contributed by atoms with van der Waals surface area (Å²) in [7, 11) is 0. The molecule has 1 heterocycles. The van der Waals surface area contributed by atoms with Crippen LogP contribution in [0.1, 0.15) is 16.7 Å². The fourth-order valence-electron chi connectivity index (χ4n) is 2.18. The van der Waals surface area contributed by atoms with E-state index in [2.05, 4.69) is 40.2 Å². The van der Waals surface area contributed by atoms with E-state index in [4.69, 9.17) is 16.3 Å². The zero-order valence-electron chi connectivity index (χ0n) is 10.2. The molecule has 0 aromatic heterocycles. The van der Waals surface area contributed by atoms with Crippen molar-refractivity contribution < 1.29 is 4.74 Å². The van der Waals surface area contributed by atoms with Crippen LogP contribution >= 0.6 is 27.5 Å². The maximum absolute atomic E-state index is 5.88. The summed E-state index contributed by atoms with van der Waals surface area (Å²) in [6, 6.07) is 12.0. The molecule has 1 aliphatic heterocycles. The highest BCUT2D eigenvalue weighted by Gasteiger charge is 2.15. The highest BCUT2D eigenvalue weighted by molar-refractivity contribution is 9.10. The first-order valence-electron chi connectivity index (χ1n) is 6.11. The second-order valence-corrected chi connectivity index (χ2v) is 5.82. The fourth-order valence-corrected chi connectivity index (χ4v) is 2.83. The summed E-state index contributed by atoms with van der Waals surface area (Å²) in [6.07, 6.45) is 5.13. The second kappa shape index (κ2) is 5.40. The van der Waals surface area contributed by atoms with Crippen molar-refractivity contribution in [3.05, 3.63) is 62.6 Å². The van der Waals surface area contributed by atoms with Crippen LogP contribution in [-0.2, 0) is 6.42 Å². The van der Waals surface area contributed by atoms with Crippen LogP contribution in [-0.4, -0.2) is 6.61 Å². The predicted octanol–water partition coefficient (Wildman–Crippen LogP) is 5.21. The summed E-state index contributed by atoms with van der Waals surface area (Å²) in [5.74, 6) is 1.01. The monoisotopic (exact) mass is 334 g/mol. The molecule has 0 atom stereocenters. The van der Waals surface area contributed by atoms with Crippen molar-refractivity contribution in [1.29, 1.82) is 0 Å². The molecule has 19 heavy (non-hydrogen) atoms. The first kappa shape index (κ1) is 12.8. The van der Waals surface area contributed by atoms with Gasteiger partial charge in [-0.05, 0) is 35.4 Å². The van der Waals surface area contributed by atoms with Gasteiger partial charge in [-0.15, -0.1) is 0 Å². The van der Waals surface area contributed by atoms with Crippen molar-refractivity contribution in [3.8, 4) is 5.75 Å². The Morgan fingerprint density at radius 3 is 2.68 bits per heavy atom. The van der Waals surface area contributed by atoms with Gasteiger partial charge < -0.3 is 4.74 Å². The highest BCUT2D eigenvalue weighted by atomic mass is 79.9. The van der Waals surface area contributed by atoms with E-state index in [9.17, 15) is 0 Å². The Kier molecular flexibility index (Phi) is 3.63. The molecule has 2 aromatic rings. The van der Waals surface area contributed by atoms with Gasteiger partial charge in [0.05, 0.1) is 6.61 Å². The SMILES string of the molecule is Clc1ccc(C=Cc2cc(Br)cc3c2OCC3)cc1. The average molecular weight is 336 g/mol. The quantitative estimate of drug-likeness (QED) is 0.685. The molecule has 0 unspecified atom stereocenters. The van der Waals surface area contributed by atoms with Gasteiger partial charge in [-0.3, -0.25) is 0 Å². The topological polar surface area (TPSA) is 9.23 Å². The third kappa shape index (κ3) is 2.85. The lowest BCUT2D eigenvalue weighted by Crippen LogP contribution is -1.88. The van der Waals surface area contributed by atoms with E-state index in [0.29, 0.717) is 0 Å². The molecule has 0 fully saturated rings. The summed E-state index contributed by atoms with van der Waals surface area (Å²) in [4.78, 5) is 0. The zero-order valence-corrected chi connectivity index (χ0v) is 12.5. The Morgan fingerprint density at radius 2 is 1.89 bits per heavy atom. The molecule has 1 nitrogen and oxygen atoms in total. The molecule has 0 aliphatic carbocycles. The number of halogens is 2. The molecule has 3 rings (SSSR count). The van der Waals surface area contributed by atoms with Crippen LogP contribution in [0.15, 0.2) is 40.9 Å². The van der Waals surface area contributed by atoms with Gasteiger partial charge in [0, 0.05) is 21.5 Å². The second-order valence-electron chi connectivity index (χ2n) is 4.47. The largest absolute Gasteiger partial charge is 0.492 e. The van der Waals surface area contributed by atoms with Gasteiger partial charge in [-0.25, -0.2) is 0 Å². The molecule has 0 saturated carbocycles. The summed E-state index contributed by atoms with van der Waals surface area (Å²) in [5.41, 5.74) is 3.50. The van der Waals surface area contributed by atoms with Crippen molar-refractivity contribution in [2.45, 2.75) is 6.42 Å². The Bertz CT molecular complexity index is 632. The van der Waals surface area contributed by atoms with Crippen molar-refractivity contribution in [2.75, 3.05) is 6.61 Å². The first-order chi connectivity index (χ1) is 9.22. The molecule has 0 spiro atoms. The third-order valence-electron chi connectivity index (χ3n) is 3.10. The number of fused-ring (bicyclic) bond motifs is 1. The van der Waals surface area contributed by atoms with E-state index in [0.717, 1.165) is 39.4 Å². The Labute approximate surface area is 126 Å². The summed E-state index contributed by atoms with van der Waals surface area (Å²) < 4.78 is 6.79. The third-order valence-corrected chi connectivity index (χ3v) is 3.81. The number of hydrogen-bond donors (Lipinski definition) is 0. The maximum Gasteiger partial charge on any atom is 0.129 e. The van der Waals surface area contributed by atoms with Crippen LogP contribution in [0.25, 0.3) is 12.2 Å². The highest BCUT2D eigenvalue weighted by Crippen LogP contribution is 2.34. The van der Waals surface area contributed by atoms with E-state index in [1.807, 2.05) is 24.3 Å². The zero-order chi connectivity index (χ0) is 13.2. The van der Waals surface area contributed by atoms with E-state index >= 15 is 0 Å². The minimum atomic E-state index is 0.754. The Hall–Kier alpha value is -1.25. The fraction of sp³-hybridized carbons (Fsp3) is 0.125. The van der Waals surface area contributed by atoms with Gasteiger partial charge in [0.25, 0.3) is 0 Å². The first-order valence-corrected chi connectivity index (χ1v) is 7.28.